The number of carboxylic acid groups (broad SMARTS) is 1. The van der Waals surface area contributed by atoms with Gasteiger partial charge in [0, 0.05) is 13.4 Å². The molecule has 12 N–H and O–H groups in total. The number of carbonyl (C=O) groups is 2. The number of aliphatic carboxylic acids is 1. The first-order chi connectivity index (χ1) is 28.5. The van der Waals surface area contributed by atoms with Crippen LogP contribution < -0.4 is 22.5 Å². The molecule has 0 radical (unpaired) electrons. The van der Waals surface area contributed by atoms with E-state index in [0.717, 1.165) is 88.3 Å². The molecule has 60 heavy (non-hydrogen) atoms. The molecule has 4 aromatic rings. The second kappa shape index (κ2) is 23.9. The van der Waals surface area contributed by atoms with E-state index in [2.05, 4.69) is 67.9 Å². The number of nitrogens with two attached hydrogens (primary N) is 3. The second-order valence-corrected chi connectivity index (χ2v) is 18.0. The van der Waals surface area contributed by atoms with Gasteiger partial charge in [-0.3, -0.25) is 9.59 Å². The van der Waals surface area contributed by atoms with Crippen LogP contribution in [0.3, 0.4) is 0 Å². The van der Waals surface area contributed by atoms with Crippen molar-refractivity contribution in [2.24, 2.45) is 0 Å². The zero-order valence-electron chi connectivity index (χ0n) is 34.4. The van der Waals surface area contributed by atoms with Gasteiger partial charge in [-0.15, -0.1) is 0 Å². The molecule has 0 unspecified atom stereocenters. The van der Waals surface area contributed by atoms with Crippen molar-refractivity contribution in [1.82, 2.24) is 24.4 Å². The number of fused-ring (bicyclic) bond motifs is 1. The average Bonchev–Trinajstić information content (AvgIpc) is 3.64. The molecule has 15 nitrogen and oxygen atoms in total. The molecule has 21 heteroatoms. The maximum atomic E-state index is 12.4. The number of piperidine rings is 3. The predicted octanol–water partition coefficient (Wildman–Crippen LogP) is 6.55. The number of hydrogen-bond acceptors (Lipinski definition) is 12. The zero-order chi connectivity index (χ0) is 44.1. The minimum atomic E-state index is -0.824. The number of carbonyl (C=O) groups excluding carboxylic acids is 1. The summed E-state index contributed by atoms with van der Waals surface area (Å²) in [7, 11) is -1.69. The Hall–Kier alpha value is -3.14. The number of aromatic nitrogens is 2. The van der Waals surface area contributed by atoms with Gasteiger partial charge in [0.1, 0.15) is 11.9 Å². The number of aromatic amines is 1. The highest BCUT2D eigenvalue weighted by molar-refractivity contribution is 9.11. The molecule has 0 saturated carbocycles. The number of amides is 1. The van der Waals surface area contributed by atoms with E-state index < -0.39 is 33.2 Å². The molecule has 0 aliphatic carbocycles. The van der Waals surface area contributed by atoms with Crippen LogP contribution in [0.15, 0.2) is 68.0 Å². The Morgan fingerprint density at radius 3 is 1.73 bits per heavy atom. The van der Waals surface area contributed by atoms with Gasteiger partial charge in [0.15, 0.2) is 0 Å². The standard InChI is InChI=1S/C13H19BBrN3O2.C13H17BBrN3O.C7H14BNO3.C6H7BrN2/c1-14(20)18-7-3-2-4-12(18)13(19)17-11-8-9(15)5-6-10(11)16;1-14(19)18-7-3-2-4-12(18)13-16-10-6-5-9(15)8-11(10)17-13;1-8(12)9-5-3-2-4-6(9)7(10)11;7-4-1-2-5(8)6(9)3-4/h5-6,8,12,20H,2-4,7,16H2,1H3,(H,17,19);5-6,8,12,19H,2-4,7H2,1H3,(H,16,17);6,12H,2-5H2,1H3,(H,10,11);1-3H,8-9H2/t2*12-;6-;/m000./s1. The van der Waals surface area contributed by atoms with Crippen molar-refractivity contribution in [2.45, 2.75) is 96.4 Å². The Kier molecular flexibility index (Phi) is 19.7. The lowest BCUT2D eigenvalue weighted by molar-refractivity contribution is -0.142. The number of H-pyrrole nitrogens is 1. The molecule has 3 aliphatic heterocycles. The lowest BCUT2D eigenvalue weighted by Crippen LogP contribution is -2.53. The number of hydrogen-bond donors (Lipinski definition) is 9. The van der Waals surface area contributed by atoms with Gasteiger partial charge < -0.3 is 62.1 Å². The highest BCUT2D eigenvalue weighted by Crippen LogP contribution is 2.32. The van der Waals surface area contributed by atoms with Crippen molar-refractivity contribution in [2.75, 3.05) is 42.2 Å². The van der Waals surface area contributed by atoms with E-state index in [0.29, 0.717) is 35.7 Å². The molecular weight excluding hydrogens is 963 g/mol. The normalized spacial score (nSPS) is 19.6. The monoisotopic (exact) mass is 1020 g/mol. The maximum absolute atomic E-state index is 12.4. The van der Waals surface area contributed by atoms with Crippen LogP contribution in [0.5, 0.6) is 0 Å². The predicted molar refractivity (Wildman–Crippen MR) is 255 cm³/mol. The minimum Gasteiger partial charge on any atom is -0.480 e. The smallest absolute Gasteiger partial charge is 0.377 e. The van der Waals surface area contributed by atoms with Crippen LogP contribution in [0.1, 0.15) is 69.7 Å². The Labute approximate surface area is 379 Å². The summed E-state index contributed by atoms with van der Waals surface area (Å²) in [5.41, 5.74) is 21.2. The summed E-state index contributed by atoms with van der Waals surface area (Å²) in [6.45, 7) is 7.50. The van der Waals surface area contributed by atoms with Crippen LogP contribution in [-0.2, 0) is 9.59 Å². The third-order valence-corrected chi connectivity index (χ3v) is 12.2. The number of nitrogens with zero attached hydrogens (tertiary/aromatic N) is 4. The lowest BCUT2D eigenvalue weighted by atomic mass is 9.79. The second-order valence-electron chi connectivity index (χ2n) is 15.3. The van der Waals surface area contributed by atoms with Crippen molar-refractivity contribution in [3.8, 4) is 0 Å². The van der Waals surface area contributed by atoms with Crippen LogP contribution >= 0.6 is 47.8 Å². The van der Waals surface area contributed by atoms with E-state index in [-0.39, 0.29) is 18.0 Å². The number of benzene rings is 3. The lowest BCUT2D eigenvalue weighted by Gasteiger charge is -2.35. The van der Waals surface area contributed by atoms with E-state index in [1.807, 2.05) is 42.0 Å². The van der Waals surface area contributed by atoms with Gasteiger partial charge in [0.2, 0.25) is 5.91 Å². The molecule has 3 fully saturated rings. The summed E-state index contributed by atoms with van der Waals surface area (Å²) < 4.78 is 2.86. The van der Waals surface area contributed by atoms with Crippen molar-refractivity contribution in [3.63, 3.8) is 0 Å². The molecule has 7 rings (SSSR count). The highest BCUT2D eigenvalue weighted by atomic mass is 79.9. The van der Waals surface area contributed by atoms with Gasteiger partial charge in [0.25, 0.3) is 0 Å². The van der Waals surface area contributed by atoms with Crippen LogP contribution in [0.2, 0.25) is 20.5 Å². The quantitative estimate of drug-likeness (QED) is 0.0706. The molecule has 3 aliphatic rings. The van der Waals surface area contributed by atoms with Gasteiger partial charge in [-0.05, 0) is 133 Å². The average molecular weight is 1020 g/mol. The molecule has 3 saturated heterocycles. The fraction of sp³-hybridized carbons (Fsp3) is 0.462. The summed E-state index contributed by atoms with van der Waals surface area (Å²) in [4.78, 5) is 36.8. The number of rotatable bonds is 7. The number of nitrogen functional groups attached to an aromatic ring is 3. The number of halogens is 3. The molecule has 324 valence electrons. The number of imidazole rings is 1. The summed E-state index contributed by atoms with van der Waals surface area (Å²) >= 11 is 10.1. The molecule has 1 aromatic heterocycles. The van der Waals surface area contributed by atoms with Gasteiger partial charge >= 0.3 is 27.1 Å². The molecule has 0 bridgehead atoms. The van der Waals surface area contributed by atoms with Crippen molar-refractivity contribution < 1.29 is 29.8 Å². The van der Waals surface area contributed by atoms with Gasteiger partial charge in [0.05, 0.1) is 45.9 Å². The van der Waals surface area contributed by atoms with E-state index in [4.69, 9.17) is 22.3 Å². The summed E-state index contributed by atoms with van der Waals surface area (Å²) in [5, 5.41) is 40.6. The number of anilines is 4. The number of carboxylic acids is 1. The topological polar surface area (TPSA) is 244 Å². The fourth-order valence-corrected chi connectivity index (χ4v) is 8.70. The Balaban J connectivity index is 0.000000184. The van der Waals surface area contributed by atoms with Crippen molar-refractivity contribution >= 4 is 115 Å². The summed E-state index contributed by atoms with van der Waals surface area (Å²) in [6.07, 6.45) is 8.72. The Bertz CT molecular complexity index is 2020. The largest absolute Gasteiger partial charge is 0.480 e. The first-order valence-corrected chi connectivity index (χ1v) is 22.7. The van der Waals surface area contributed by atoms with E-state index >= 15 is 0 Å². The highest BCUT2D eigenvalue weighted by Gasteiger charge is 2.34. The first kappa shape index (κ1) is 49.5. The maximum Gasteiger partial charge on any atom is 0.377 e. The summed E-state index contributed by atoms with van der Waals surface area (Å²) in [6, 6.07) is 16.2. The number of nitrogens with one attached hydrogen (secondary N) is 2. The van der Waals surface area contributed by atoms with Crippen molar-refractivity contribution in [3.05, 3.63) is 73.8 Å². The molecule has 1 amide bonds. The van der Waals surface area contributed by atoms with Gasteiger partial charge in [-0.2, -0.15) is 0 Å². The molecular formula is C39H57B3Br3N9O6. The molecule has 3 atom stereocenters. The fourth-order valence-electron chi connectivity index (χ4n) is 7.60. The van der Waals surface area contributed by atoms with Crippen LogP contribution in [0.25, 0.3) is 11.0 Å². The van der Waals surface area contributed by atoms with E-state index in [1.165, 1.54) is 6.42 Å². The minimum absolute atomic E-state index is 0.115. The Morgan fingerprint density at radius 1 is 0.683 bits per heavy atom. The van der Waals surface area contributed by atoms with E-state index in [9.17, 15) is 24.7 Å². The molecule has 0 spiro atoms. The summed E-state index contributed by atoms with van der Waals surface area (Å²) in [5.74, 6) is 0.0275. The molecule has 3 aromatic carbocycles. The SMILES string of the molecule is CB(O)N1CCCC[C@H]1C(=O)Nc1cc(Br)ccc1N.CB(O)N1CCCC[C@H]1C(=O)O.CB(O)N1CCCC[C@H]1c1nc2ccc(Br)cc2[nH]1.Nc1ccc(Br)cc1N. The third-order valence-electron chi connectivity index (χ3n) is 10.8. The Morgan fingerprint density at radius 2 is 1.18 bits per heavy atom. The van der Waals surface area contributed by atoms with Crippen LogP contribution in [-0.4, -0.2) is 109 Å². The van der Waals surface area contributed by atoms with Crippen LogP contribution in [0, 0.1) is 0 Å². The van der Waals surface area contributed by atoms with E-state index in [1.54, 1.807) is 42.7 Å². The molecule has 4 heterocycles. The zero-order valence-corrected chi connectivity index (χ0v) is 39.2. The first-order valence-electron chi connectivity index (χ1n) is 20.3. The third kappa shape index (κ3) is 14.5. The van der Waals surface area contributed by atoms with Gasteiger partial charge in [-0.25, -0.2) is 4.98 Å². The van der Waals surface area contributed by atoms with Crippen LogP contribution in [0.4, 0.5) is 22.7 Å². The van der Waals surface area contributed by atoms with Gasteiger partial charge in [-0.1, -0.05) is 67.1 Å². The van der Waals surface area contributed by atoms with Crippen molar-refractivity contribution in [1.29, 1.82) is 0 Å².